The van der Waals surface area contributed by atoms with E-state index in [1.807, 2.05) is 17.3 Å². The zero-order valence-corrected chi connectivity index (χ0v) is 8.72. The normalized spacial score (nSPS) is 29.7. The van der Waals surface area contributed by atoms with E-state index in [-0.39, 0.29) is 0 Å². The highest BCUT2D eigenvalue weighted by atomic mass is 32.2. The number of nitrogens with zero attached hydrogens (tertiary/aromatic N) is 2. The number of piperazine rings is 1. The molecule has 2 aliphatic heterocycles. The molecule has 0 bridgehead atoms. The number of hydrogen-bond donors (Lipinski definition) is 1. The van der Waals surface area contributed by atoms with Gasteiger partial charge in [-0.1, -0.05) is 0 Å². The van der Waals surface area contributed by atoms with E-state index < -0.39 is 0 Å². The average Bonchev–Trinajstić information content (AvgIpc) is 2.69. The van der Waals surface area contributed by atoms with Crippen LogP contribution in [0.15, 0.2) is 4.99 Å². The van der Waals surface area contributed by atoms with E-state index in [1.165, 1.54) is 31.8 Å². The van der Waals surface area contributed by atoms with Gasteiger partial charge in [-0.25, -0.2) is 0 Å². The second kappa shape index (κ2) is 4.98. The second-order valence-electron chi connectivity index (χ2n) is 3.62. The Labute approximate surface area is 84.0 Å². The van der Waals surface area contributed by atoms with Crippen LogP contribution in [-0.2, 0) is 0 Å². The molecule has 0 aromatic carbocycles. The summed E-state index contributed by atoms with van der Waals surface area (Å²) in [7, 11) is 0. The molecule has 0 saturated carbocycles. The van der Waals surface area contributed by atoms with Crippen LogP contribution in [0, 0.1) is 0 Å². The smallest absolute Gasteiger partial charge is 0.0612 e. The third-order valence-corrected chi connectivity index (χ3v) is 3.47. The number of thioether (sulfide) groups is 1. The molecule has 2 aliphatic rings. The third-order valence-electron chi connectivity index (χ3n) is 2.62. The van der Waals surface area contributed by atoms with Crippen molar-refractivity contribution in [3.63, 3.8) is 0 Å². The van der Waals surface area contributed by atoms with Crippen LogP contribution in [0.4, 0.5) is 0 Å². The molecule has 1 saturated heterocycles. The molecule has 0 aromatic heterocycles. The van der Waals surface area contributed by atoms with Crippen LogP contribution in [0.2, 0.25) is 0 Å². The van der Waals surface area contributed by atoms with E-state index in [0.717, 1.165) is 13.1 Å². The van der Waals surface area contributed by atoms with E-state index in [0.29, 0.717) is 6.04 Å². The lowest BCUT2D eigenvalue weighted by Crippen LogP contribution is -2.44. The van der Waals surface area contributed by atoms with Gasteiger partial charge in [0.05, 0.1) is 11.6 Å². The van der Waals surface area contributed by atoms with Gasteiger partial charge in [0.15, 0.2) is 0 Å². The molecule has 2 heterocycles. The zero-order chi connectivity index (χ0) is 8.93. The van der Waals surface area contributed by atoms with Gasteiger partial charge in [-0.15, -0.1) is 11.8 Å². The van der Waals surface area contributed by atoms with Gasteiger partial charge in [0.25, 0.3) is 0 Å². The lowest BCUT2D eigenvalue weighted by Gasteiger charge is -2.27. The maximum absolute atomic E-state index is 4.42. The summed E-state index contributed by atoms with van der Waals surface area (Å²) in [5.74, 6) is 1.20. The molecule has 0 aromatic rings. The van der Waals surface area contributed by atoms with Gasteiger partial charge in [-0.05, 0) is 6.42 Å². The fourth-order valence-corrected chi connectivity index (χ4v) is 2.57. The minimum absolute atomic E-state index is 0.597. The Hall–Kier alpha value is -0.0600. The predicted octanol–water partition coefficient (Wildman–Crippen LogP) is 0.425. The van der Waals surface area contributed by atoms with Crippen LogP contribution in [0.25, 0.3) is 0 Å². The van der Waals surface area contributed by atoms with Gasteiger partial charge in [0.2, 0.25) is 0 Å². The average molecular weight is 199 g/mol. The Balaban J connectivity index is 1.63. The SMILES string of the molecule is C1=N[C@@H](CCN2CCNCC2)CS1. The van der Waals surface area contributed by atoms with Gasteiger partial charge >= 0.3 is 0 Å². The molecule has 1 N–H and O–H groups in total. The van der Waals surface area contributed by atoms with Crippen LogP contribution < -0.4 is 5.32 Å². The third kappa shape index (κ3) is 2.97. The molecule has 0 spiro atoms. The number of nitrogens with one attached hydrogen (secondary N) is 1. The Morgan fingerprint density at radius 3 is 3.00 bits per heavy atom. The van der Waals surface area contributed by atoms with E-state index in [1.54, 1.807) is 0 Å². The first-order chi connectivity index (χ1) is 6.45. The molecule has 4 heteroatoms. The Morgan fingerprint density at radius 1 is 1.46 bits per heavy atom. The molecule has 3 nitrogen and oxygen atoms in total. The number of aliphatic imine (C=N–C) groups is 1. The molecule has 74 valence electrons. The van der Waals surface area contributed by atoms with Gasteiger partial charge in [-0.2, -0.15) is 0 Å². The van der Waals surface area contributed by atoms with Crippen LogP contribution >= 0.6 is 11.8 Å². The molecule has 2 rings (SSSR count). The zero-order valence-electron chi connectivity index (χ0n) is 7.91. The first-order valence-electron chi connectivity index (χ1n) is 5.01. The van der Waals surface area contributed by atoms with Gasteiger partial charge in [0, 0.05) is 38.5 Å². The fourth-order valence-electron chi connectivity index (χ4n) is 1.75. The highest BCUT2D eigenvalue weighted by molar-refractivity contribution is 8.12. The Bertz CT molecular complexity index is 178. The first-order valence-corrected chi connectivity index (χ1v) is 6.06. The molecular formula is C9H17N3S. The molecule has 0 amide bonds. The van der Waals surface area contributed by atoms with Crippen LogP contribution in [0.1, 0.15) is 6.42 Å². The maximum atomic E-state index is 4.42. The Kier molecular flexibility index (Phi) is 3.64. The monoisotopic (exact) mass is 199 g/mol. The standard InChI is InChI=1S/C9H17N3S/c1(9-7-13-8-11-9)4-12-5-2-10-3-6-12/h8-10H,1-7H2/t9-/m0/s1. The molecular weight excluding hydrogens is 182 g/mol. The molecule has 0 unspecified atom stereocenters. The highest BCUT2D eigenvalue weighted by Gasteiger charge is 2.14. The summed E-state index contributed by atoms with van der Waals surface area (Å²) in [6, 6.07) is 0.597. The van der Waals surface area contributed by atoms with E-state index >= 15 is 0 Å². The van der Waals surface area contributed by atoms with E-state index in [2.05, 4.69) is 15.2 Å². The molecule has 0 aliphatic carbocycles. The number of rotatable bonds is 3. The van der Waals surface area contributed by atoms with E-state index in [4.69, 9.17) is 0 Å². The molecule has 1 fully saturated rings. The maximum Gasteiger partial charge on any atom is 0.0612 e. The summed E-state index contributed by atoms with van der Waals surface area (Å²) >= 11 is 1.85. The van der Waals surface area contributed by atoms with Crippen LogP contribution in [0.5, 0.6) is 0 Å². The summed E-state index contributed by atoms with van der Waals surface area (Å²) in [5, 5.41) is 3.37. The van der Waals surface area contributed by atoms with Crippen molar-refractivity contribution in [1.82, 2.24) is 10.2 Å². The quantitative estimate of drug-likeness (QED) is 0.714. The predicted molar refractivity (Wildman–Crippen MR) is 58.7 cm³/mol. The summed E-state index contributed by atoms with van der Waals surface area (Å²) in [4.78, 5) is 6.95. The summed E-state index contributed by atoms with van der Waals surface area (Å²) in [5.41, 5.74) is 2.00. The molecule has 1 atom stereocenters. The van der Waals surface area contributed by atoms with Crippen molar-refractivity contribution in [1.29, 1.82) is 0 Å². The van der Waals surface area contributed by atoms with Crippen molar-refractivity contribution in [2.75, 3.05) is 38.5 Å². The van der Waals surface area contributed by atoms with Gasteiger partial charge < -0.3 is 10.2 Å². The minimum Gasteiger partial charge on any atom is -0.314 e. The lowest BCUT2D eigenvalue weighted by molar-refractivity contribution is 0.235. The second-order valence-corrected chi connectivity index (χ2v) is 4.50. The largest absolute Gasteiger partial charge is 0.314 e. The van der Waals surface area contributed by atoms with Crippen LogP contribution in [0.3, 0.4) is 0 Å². The summed E-state index contributed by atoms with van der Waals surface area (Å²) in [6.45, 7) is 5.96. The minimum atomic E-state index is 0.597. The van der Waals surface area contributed by atoms with Crippen molar-refractivity contribution in [3.8, 4) is 0 Å². The van der Waals surface area contributed by atoms with Crippen molar-refractivity contribution >= 4 is 17.3 Å². The van der Waals surface area contributed by atoms with Crippen LogP contribution in [-0.4, -0.2) is 55.0 Å². The van der Waals surface area contributed by atoms with Crippen molar-refractivity contribution < 1.29 is 0 Å². The topological polar surface area (TPSA) is 27.6 Å². The lowest BCUT2D eigenvalue weighted by atomic mass is 10.2. The van der Waals surface area contributed by atoms with Crippen molar-refractivity contribution in [3.05, 3.63) is 0 Å². The van der Waals surface area contributed by atoms with Crippen molar-refractivity contribution in [2.24, 2.45) is 4.99 Å². The highest BCUT2D eigenvalue weighted by Crippen LogP contribution is 2.14. The molecule has 13 heavy (non-hydrogen) atoms. The van der Waals surface area contributed by atoms with Gasteiger partial charge in [0.1, 0.15) is 0 Å². The summed E-state index contributed by atoms with van der Waals surface area (Å²) in [6.07, 6.45) is 1.24. The first kappa shape index (κ1) is 9.49. The van der Waals surface area contributed by atoms with Crippen molar-refractivity contribution in [2.45, 2.75) is 12.5 Å². The molecule has 0 radical (unpaired) electrons. The number of hydrogen-bond acceptors (Lipinski definition) is 4. The van der Waals surface area contributed by atoms with E-state index in [9.17, 15) is 0 Å². The summed E-state index contributed by atoms with van der Waals surface area (Å²) < 4.78 is 0. The Morgan fingerprint density at radius 2 is 2.31 bits per heavy atom. The van der Waals surface area contributed by atoms with Gasteiger partial charge in [-0.3, -0.25) is 4.99 Å². The fraction of sp³-hybridized carbons (Fsp3) is 0.889.